The normalized spacial score (nSPS) is 10.3. The molecule has 0 saturated heterocycles. The zero-order valence-corrected chi connectivity index (χ0v) is 9.80. The molecule has 0 fully saturated rings. The lowest BCUT2D eigenvalue weighted by Crippen LogP contribution is -2.17. The van der Waals surface area contributed by atoms with Gasteiger partial charge in [0.2, 0.25) is 0 Å². The van der Waals surface area contributed by atoms with Crippen molar-refractivity contribution in [1.82, 2.24) is 0 Å². The van der Waals surface area contributed by atoms with E-state index in [2.05, 4.69) is 13.8 Å². The zero-order valence-electron chi connectivity index (χ0n) is 8.99. The topological polar surface area (TPSA) is 35.2 Å². The minimum atomic E-state index is 0.345. The molecule has 0 atom stereocenters. The number of ether oxygens (including phenoxy) is 1. The van der Waals surface area contributed by atoms with E-state index in [1.54, 1.807) is 12.1 Å². The molecule has 1 rings (SSSR count). The van der Waals surface area contributed by atoms with Crippen LogP contribution in [0.3, 0.4) is 0 Å². The molecule has 15 heavy (non-hydrogen) atoms. The summed E-state index contributed by atoms with van der Waals surface area (Å²) in [5, 5.41) is 0. The molecule has 2 nitrogen and oxygen atoms in total. The number of thiocarbonyl (C=S) groups is 1. The van der Waals surface area contributed by atoms with Crippen LogP contribution in [0.5, 0.6) is 5.75 Å². The van der Waals surface area contributed by atoms with E-state index >= 15 is 0 Å². The Morgan fingerprint density at radius 1 is 1.53 bits per heavy atom. The van der Waals surface area contributed by atoms with Gasteiger partial charge in [-0.25, -0.2) is 0 Å². The number of hydrogen-bond acceptors (Lipinski definition) is 2. The van der Waals surface area contributed by atoms with Crippen molar-refractivity contribution in [3.63, 3.8) is 0 Å². The molecule has 2 radical (unpaired) electrons. The fourth-order valence-electron chi connectivity index (χ4n) is 1.09. The summed E-state index contributed by atoms with van der Waals surface area (Å²) in [6, 6.07) is 5.35. The Labute approximate surface area is 97.2 Å². The number of nitrogens with two attached hydrogens (primary N) is 1. The van der Waals surface area contributed by atoms with Gasteiger partial charge in [0.05, 0.1) is 6.61 Å². The molecular weight excluding hydrogens is 205 g/mol. The van der Waals surface area contributed by atoms with E-state index in [1.165, 1.54) is 0 Å². The predicted molar refractivity (Wildman–Crippen MR) is 68.1 cm³/mol. The highest BCUT2D eigenvalue weighted by molar-refractivity contribution is 7.80. The van der Waals surface area contributed by atoms with E-state index in [4.69, 9.17) is 30.5 Å². The van der Waals surface area contributed by atoms with Crippen molar-refractivity contribution in [1.29, 1.82) is 0 Å². The van der Waals surface area contributed by atoms with Gasteiger partial charge in [0, 0.05) is 5.56 Å². The molecule has 0 aliphatic carbocycles. The fourth-order valence-corrected chi connectivity index (χ4v) is 1.22. The van der Waals surface area contributed by atoms with Gasteiger partial charge in [0.25, 0.3) is 0 Å². The van der Waals surface area contributed by atoms with Crippen molar-refractivity contribution in [2.24, 2.45) is 11.7 Å². The van der Waals surface area contributed by atoms with E-state index < -0.39 is 0 Å². The summed E-state index contributed by atoms with van der Waals surface area (Å²) in [4.78, 5) is 0.345. The van der Waals surface area contributed by atoms with Crippen molar-refractivity contribution in [3.8, 4) is 5.75 Å². The quantitative estimate of drug-likeness (QED) is 0.609. The fraction of sp³-hybridized carbons (Fsp3) is 0.364. The van der Waals surface area contributed by atoms with Crippen LogP contribution in [-0.4, -0.2) is 19.4 Å². The van der Waals surface area contributed by atoms with Gasteiger partial charge in [0.1, 0.15) is 18.6 Å². The second kappa shape index (κ2) is 5.17. The van der Waals surface area contributed by atoms with E-state index in [0.29, 0.717) is 28.7 Å². The first-order valence-corrected chi connectivity index (χ1v) is 5.23. The van der Waals surface area contributed by atoms with Crippen molar-refractivity contribution < 1.29 is 4.74 Å². The summed E-state index contributed by atoms with van der Waals surface area (Å²) >= 11 is 4.85. The second-order valence-electron chi connectivity index (χ2n) is 3.82. The molecule has 0 amide bonds. The zero-order chi connectivity index (χ0) is 11.4. The Bertz CT molecular complexity index is 366. The maximum atomic E-state index is 5.81. The standard InChI is InChI=1S/C11H14BNOS/c1-7(2)6-14-10-4-3-8(11(13)15)5-9(10)12/h3-5,7H,6H2,1-2H3,(H2,13,15). The lowest BCUT2D eigenvalue weighted by atomic mass is 9.93. The maximum absolute atomic E-state index is 5.81. The molecule has 4 heteroatoms. The van der Waals surface area contributed by atoms with Gasteiger partial charge < -0.3 is 10.5 Å². The molecule has 0 bridgehead atoms. The maximum Gasteiger partial charge on any atom is 0.119 e. The van der Waals surface area contributed by atoms with Gasteiger partial charge in [-0.2, -0.15) is 0 Å². The molecule has 1 aromatic rings. The molecule has 0 aliphatic rings. The van der Waals surface area contributed by atoms with Crippen LogP contribution in [0, 0.1) is 5.92 Å². The molecule has 1 aromatic carbocycles. The first kappa shape index (κ1) is 12.0. The Balaban J connectivity index is 2.79. The van der Waals surface area contributed by atoms with Crippen LogP contribution < -0.4 is 15.9 Å². The molecule has 0 unspecified atom stereocenters. The van der Waals surface area contributed by atoms with Gasteiger partial charge >= 0.3 is 0 Å². The van der Waals surface area contributed by atoms with Crippen LogP contribution in [0.4, 0.5) is 0 Å². The summed E-state index contributed by atoms with van der Waals surface area (Å²) in [6.07, 6.45) is 0. The van der Waals surface area contributed by atoms with Crippen LogP contribution in [0.2, 0.25) is 0 Å². The second-order valence-corrected chi connectivity index (χ2v) is 4.26. The minimum Gasteiger partial charge on any atom is -0.494 e. The molecule has 78 valence electrons. The molecule has 0 aromatic heterocycles. The average molecular weight is 219 g/mol. The van der Waals surface area contributed by atoms with E-state index in [1.807, 2.05) is 6.07 Å². The summed E-state index contributed by atoms with van der Waals surface area (Å²) in [7, 11) is 5.81. The molecule has 0 aliphatic heterocycles. The number of hydrogen-bond donors (Lipinski definition) is 1. The van der Waals surface area contributed by atoms with Crippen LogP contribution in [0.1, 0.15) is 19.4 Å². The lowest BCUT2D eigenvalue weighted by molar-refractivity contribution is 0.273. The first-order chi connectivity index (χ1) is 7.00. The van der Waals surface area contributed by atoms with Crippen LogP contribution in [0.15, 0.2) is 18.2 Å². The van der Waals surface area contributed by atoms with Crippen molar-refractivity contribution in [2.45, 2.75) is 13.8 Å². The summed E-state index contributed by atoms with van der Waals surface area (Å²) in [5.41, 5.74) is 6.82. The van der Waals surface area contributed by atoms with Crippen molar-refractivity contribution >= 4 is 30.5 Å². The van der Waals surface area contributed by atoms with Crippen LogP contribution >= 0.6 is 12.2 Å². The van der Waals surface area contributed by atoms with Crippen LogP contribution in [-0.2, 0) is 0 Å². The third-order valence-electron chi connectivity index (χ3n) is 1.87. The van der Waals surface area contributed by atoms with Crippen molar-refractivity contribution in [2.75, 3.05) is 6.61 Å². The highest BCUT2D eigenvalue weighted by Gasteiger charge is 2.03. The number of benzene rings is 1. The molecule has 0 saturated carbocycles. The van der Waals surface area contributed by atoms with Gasteiger partial charge in [-0.05, 0) is 18.1 Å². The van der Waals surface area contributed by atoms with E-state index in [9.17, 15) is 0 Å². The highest BCUT2D eigenvalue weighted by Crippen LogP contribution is 2.10. The van der Waals surface area contributed by atoms with Gasteiger partial charge in [-0.1, -0.05) is 37.6 Å². The first-order valence-electron chi connectivity index (χ1n) is 4.83. The summed E-state index contributed by atoms with van der Waals surface area (Å²) in [6.45, 7) is 4.82. The molecule has 0 heterocycles. The Hall–Kier alpha value is -1.03. The molecule has 2 N–H and O–H groups in total. The monoisotopic (exact) mass is 219 g/mol. The van der Waals surface area contributed by atoms with E-state index in [0.717, 1.165) is 5.56 Å². The number of rotatable bonds is 4. The lowest BCUT2D eigenvalue weighted by Gasteiger charge is -2.12. The smallest absolute Gasteiger partial charge is 0.119 e. The van der Waals surface area contributed by atoms with Gasteiger partial charge in [-0.15, -0.1) is 0 Å². The highest BCUT2D eigenvalue weighted by atomic mass is 32.1. The Morgan fingerprint density at radius 2 is 2.20 bits per heavy atom. The molecule has 0 spiro atoms. The average Bonchev–Trinajstić information content (AvgIpc) is 2.15. The summed E-state index contributed by atoms with van der Waals surface area (Å²) in [5.74, 6) is 1.16. The Morgan fingerprint density at radius 3 is 2.67 bits per heavy atom. The van der Waals surface area contributed by atoms with Gasteiger partial charge in [-0.3, -0.25) is 0 Å². The third kappa shape index (κ3) is 3.55. The van der Waals surface area contributed by atoms with Gasteiger partial charge in [0.15, 0.2) is 0 Å². The third-order valence-corrected chi connectivity index (χ3v) is 2.10. The van der Waals surface area contributed by atoms with E-state index in [-0.39, 0.29) is 0 Å². The summed E-state index contributed by atoms with van der Waals surface area (Å²) < 4.78 is 5.52. The largest absolute Gasteiger partial charge is 0.494 e. The molecular formula is C11H14BNOS. The predicted octanol–water partition coefficient (Wildman–Crippen LogP) is 1.15. The minimum absolute atomic E-state index is 0.345. The SMILES string of the molecule is [B]c1cc(C(N)=S)ccc1OCC(C)C. The Kier molecular flexibility index (Phi) is 4.15. The van der Waals surface area contributed by atoms with Crippen LogP contribution in [0.25, 0.3) is 0 Å². The van der Waals surface area contributed by atoms with Crippen molar-refractivity contribution in [3.05, 3.63) is 23.8 Å².